The minimum atomic E-state index is 0.636. The number of hydrogen-bond acceptors (Lipinski definition) is 16. The van der Waals surface area contributed by atoms with Gasteiger partial charge in [-0.1, -0.05) is 392 Å². The molecule has 139 heavy (non-hydrogen) atoms. The molecule has 0 spiro atoms. The Morgan fingerprint density at radius 2 is 0.309 bits per heavy atom. The number of aromatic nitrogens is 24. The Morgan fingerprint density at radius 1 is 0.144 bits per heavy atom. The fourth-order valence-electron chi connectivity index (χ4n) is 16.3. The first-order valence-electron chi connectivity index (χ1n) is 57.2. The molecule has 0 aliphatic rings. The van der Waals surface area contributed by atoms with E-state index in [4.69, 9.17) is 0 Å². The molecule has 8 aromatic rings. The molecule has 0 unspecified atom stereocenters. The molecule has 0 N–H and O–H groups in total. The maximum atomic E-state index is 4.20. The van der Waals surface area contributed by atoms with Gasteiger partial charge in [0.15, 0.2) is 0 Å². The van der Waals surface area contributed by atoms with Crippen molar-refractivity contribution in [3.8, 4) is 0 Å². The van der Waals surface area contributed by atoms with Crippen LogP contribution in [0.4, 0.5) is 0 Å². The quantitative estimate of drug-likeness (QED) is 0.0322. The molecule has 0 amide bonds. The molecule has 0 aromatic carbocycles. The second-order valence-electron chi connectivity index (χ2n) is 47.3. The Bertz CT molecular complexity index is 3640. The number of hydrogen-bond donors (Lipinski definition) is 0. The van der Waals surface area contributed by atoms with E-state index >= 15 is 0 Å². The average Bonchev–Trinajstić information content (AvgIpc) is 1.77. The highest BCUT2D eigenvalue weighted by Gasteiger charge is 2.15. The topological polar surface area (TPSA) is 246 Å². The van der Waals surface area contributed by atoms with Crippen molar-refractivity contribution in [1.82, 2.24) is 120 Å². The van der Waals surface area contributed by atoms with E-state index in [-0.39, 0.29) is 0 Å². The van der Waals surface area contributed by atoms with Crippen molar-refractivity contribution in [3.63, 3.8) is 0 Å². The first-order valence-corrected chi connectivity index (χ1v) is 57.2. The fourth-order valence-corrected chi connectivity index (χ4v) is 16.3. The first kappa shape index (κ1) is 130. The van der Waals surface area contributed by atoms with Gasteiger partial charge in [-0.3, -0.25) is 0 Å². The highest BCUT2D eigenvalue weighted by molar-refractivity contribution is 5.00. The van der Waals surface area contributed by atoms with E-state index in [1.165, 1.54) is 270 Å². The van der Waals surface area contributed by atoms with Gasteiger partial charge in [0, 0.05) is 52.4 Å². The minimum Gasteiger partial charge on any atom is -0.249 e. The SMILES string of the molecule is CC(C)CCCCCCCc1cnnn1CCC(C)C.CC(C)CCCCCc1cnnn1CC(C)C.CC(C)CCCCCc1cnnn1CC(C)C.CC(C)CCCCCn1nncc1CC(C)C.CC(C)CCCCc1cnnn1CCC(C)C.CC(C)CCCCc1cnnn1CCC(C)C.CC(C)CCCc1cnnn1CCCC(C)C.CC(C)CCCc1cnnn1CCCC(C)C. The fraction of sp³-hybridized carbons (Fsp3) is 0.861. The standard InChI is InChI=1S/C17H33N3.7C14H27N3/c1-15(2)10-8-6-5-7-9-11-17-14-18-19-20(17)13-12-16(3)4;2*1-12(2)7-5-9-14-11-15-16-17(14)10-6-8-13(3)4;2*1-12(2)7-5-6-8-14-11-15-16-17(14)10-9-13(3)4;2*1-12(2)8-6-5-7-9-14-10-15-16-17(14)11-13(3)4;1-12(2)8-6-5-7-9-17-14(10-13(3)4)11-15-16-17/h14-16H,5-13H2,1-4H3;4*11-13H,5-10H2,1-4H3;2*10,12-13H,5-9,11H2,1-4H3;11-13H,5-10H2,1-4H3. The monoisotopic (exact) mass is 1940 g/mol. The van der Waals surface area contributed by atoms with Crippen molar-refractivity contribution in [2.24, 2.45) is 94.7 Å². The lowest BCUT2D eigenvalue weighted by Gasteiger charge is -2.08. The smallest absolute Gasteiger partial charge is 0.0725 e. The summed E-state index contributed by atoms with van der Waals surface area (Å²) in [5.74, 6) is 12.3. The Balaban J connectivity index is 0.000000795. The number of unbranched alkanes of at least 4 members (excludes halogenated alkanes) is 12. The molecule has 8 aromatic heterocycles. The molecule has 0 bridgehead atoms. The Morgan fingerprint density at radius 3 is 0.561 bits per heavy atom. The van der Waals surface area contributed by atoms with E-state index in [1.807, 2.05) is 49.6 Å². The van der Waals surface area contributed by atoms with Gasteiger partial charge in [0.1, 0.15) is 0 Å². The van der Waals surface area contributed by atoms with E-state index in [1.54, 1.807) is 0 Å². The molecule has 8 rings (SSSR count). The molecule has 0 saturated heterocycles. The Hall–Kier alpha value is -6.88. The van der Waals surface area contributed by atoms with Crippen LogP contribution in [0.3, 0.4) is 0 Å². The summed E-state index contributed by atoms with van der Waals surface area (Å²) in [6, 6.07) is 0. The maximum Gasteiger partial charge on any atom is 0.0725 e. The highest BCUT2D eigenvalue weighted by atomic mass is 15.5. The molecule has 0 aliphatic carbocycles. The van der Waals surface area contributed by atoms with Crippen LogP contribution in [-0.2, 0) is 104 Å². The van der Waals surface area contributed by atoms with Crippen LogP contribution in [-0.4, -0.2) is 120 Å². The number of nitrogens with zero attached hydrogens (tertiary/aromatic N) is 24. The van der Waals surface area contributed by atoms with E-state index in [9.17, 15) is 0 Å². The second-order valence-corrected chi connectivity index (χ2v) is 47.3. The van der Waals surface area contributed by atoms with Crippen LogP contribution in [0, 0.1) is 94.7 Å². The van der Waals surface area contributed by atoms with Crippen LogP contribution < -0.4 is 0 Å². The van der Waals surface area contributed by atoms with E-state index in [0.717, 1.165) is 181 Å². The normalized spacial score (nSPS) is 11.7. The Labute approximate surface area is 854 Å². The maximum absolute atomic E-state index is 4.20. The van der Waals surface area contributed by atoms with Gasteiger partial charge < -0.3 is 0 Å². The third kappa shape index (κ3) is 73.8. The summed E-state index contributed by atoms with van der Waals surface area (Å²) in [5, 5.41) is 65.6. The van der Waals surface area contributed by atoms with Crippen molar-refractivity contribution in [2.75, 3.05) is 0 Å². The summed E-state index contributed by atoms with van der Waals surface area (Å²) in [7, 11) is 0. The summed E-state index contributed by atoms with van der Waals surface area (Å²) in [4.78, 5) is 0. The van der Waals surface area contributed by atoms with Gasteiger partial charge in [0.05, 0.1) is 95.1 Å². The molecule has 0 atom stereocenters. The molecular formula is C115H222N24. The molecule has 0 fully saturated rings. The van der Waals surface area contributed by atoms with Gasteiger partial charge in [-0.25, -0.2) is 37.5 Å². The lowest BCUT2D eigenvalue weighted by molar-refractivity contribution is 0.453. The Kier molecular flexibility index (Phi) is 77.2. The highest BCUT2D eigenvalue weighted by Crippen LogP contribution is 2.22. The largest absolute Gasteiger partial charge is 0.249 e. The molecule has 802 valence electrons. The summed E-state index contributed by atoms with van der Waals surface area (Å²) < 4.78 is 16.6. The molecule has 24 heteroatoms. The van der Waals surface area contributed by atoms with Crippen LogP contribution in [0.25, 0.3) is 0 Å². The van der Waals surface area contributed by atoms with Crippen molar-refractivity contribution < 1.29 is 0 Å². The van der Waals surface area contributed by atoms with Crippen LogP contribution in [0.2, 0.25) is 0 Å². The van der Waals surface area contributed by atoms with Gasteiger partial charge in [-0.15, -0.1) is 40.8 Å². The van der Waals surface area contributed by atoms with Gasteiger partial charge >= 0.3 is 0 Å². The van der Waals surface area contributed by atoms with Crippen LogP contribution in [0.1, 0.15) is 492 Å². The zero-order valence-electron chi connectivity index (χ0n) is 96.7. The molecule has 0 saturated carbocycles. The first-order chi connectivity index (χ1) is 66.2. The molecular weight excluding hydrogens is 1720 g/mol. The molecule has 24 nitrogen and oxygen atoms in total. The van der Waals surface area contributed by atoms with Crippen LogP contribution in [0.15, 0.2) is 49.6 Å². The van der Waals surface area contributed by atoms with Gasteiger partial charge in [-0.2, -0.15) is 0 Å². The van der Waals surface area contributed by atoms with Gasteiger partial charge in [-0.05, 0) is 242 Å². The minimum absolute atomic E-state index is 0.636. The third-order valence-corrected chi connectivity index (χ3v) is 25.0. The summed E-state index contributed by atoms with van der Waals surface area (Å²) in [6.07, 6.45) is 69.7. The van der Waals surface area contributed by atoms with Crippen molar-refractivity contribution in [3.05, 3.63) is 95.1 Å². The summed E-state index contributed by atoms with van der Waals surface area (Å²) in [5.41, 5.74) is 10.4. The third-order valence-electron chi connectivity index (χ3n) is 25.0. The summed E-state index contributed by atoms with van der Waals surface area (Å²) in [6.45, 7) is 80.6. The van der Waals surface area contributed by atoms with Crippen molar-refractivity contribution >= 4 is 0 Å². The van der Waals surface area contributed by atoms with Crippen LogP contribution >= 0.6 is 0 Å². The summed E-state index contributed by atoms with van der Waals surface area (Å²) >= 11 is 0. The van der Waals surface area contributed by atoms with Crippen LogP contribution in [0.5, 0.6) is 0 Å². The van der Waals surface area contributed by atoms with Gasteiger partial charge in [0.25, 0.3) is 0 Å². The molecule has 0 radical (unpaired) electrons. The lowest BCUT2D eigenvalue weighted by Crippen LogP contribution is -2.09. The van der Waals surface area contributed by atoms with Crippen molar-refractivity contribution in [1.29, 1.82) is 0 Å². The zero-order chi connectivity index (χ0) is 104. The number of aryl methyl sites for hydroxylation is 13. The lowest BCUT2D eigenvalue weighted by atomic mass is 10.0. The van der Waals surface area contributed by atoms with E-state index in [2.05, 4.69) is 342 Å². The second kappa shape index (κ2) is 82.4. The average molecular weight is 1940 g/mol. The number of rotatable bonds is 67. The predicted molar refractivity (Wildman–Crippen MR) is 589 cm³/mol. The molecule has 8 heterocycles. The van der Waals surface area contributed by atoms with E-state index in [0.29, 0.717) is 17.8 Å². The zero-order valence-corrected chi connectivity index (χ0v) is 96.7. The predicted octanol–water partition coefficient (Wildman–Crippen LogP) is 30.7. The van der Waals surface area contributed by atoms with E-state index < -0.39 is 0 Å². The van der Waals surface area contributed by atoms with Gasteiger partial charge in [0.2, 0.25) is 0 Å². The van der Waals surface area contributed by atoms with Crippen molar-refractivity contribution in [2.45, 2.75) is 550 Å². The molecule has 0 aliphatic heterocycles.